The summed E-state index contributed by atoms with van der Waals surface area (Å²) in [5, 5.41) is 3.73. The van der Waals surface area contributed by atoms with Crippen molar-refractivity contribution in [3.8, 4) is 0 Å². The Labute approximate surface area is 124 Å². The van der Waals surface area contributed by atoms with E-state index in [-0.39, 0.29) is 11.2 Å². The van der Waals surface area contributed by atoms with Crippen LogP contribution in [0.3, 0.4) is 0 Å². The number of sulfonamides is 1. The third-order valence-electron chi connectivity index (χ3n) is 3.88. The summed E-state index contributed by atoms with van der Waals surface area (Å²) in [5.74, 6) is 0.470. The first kappa shape index (κ1) is 14.3. The molecule has 0 amide bonds. The van der Waals surface area contributed by atoms with Gasteiger partial charge in [0.05, 0.1) is 0 Å². The van der Waals surface area contributed by atoms with Crippen molar-refractivity contribution in [2.24, 2.45) is 0 Å². The zero-order chi connectivity index (χ0) is 14.9. The molecule has 5 nitrogen and oxygen atoms in total. The van der Waals surface area contributed by atoms with Crippen molar-refractivity contribution in [3.63, 3.8) is 0 Å². The fourth-order valence-electron chi connectivity index (χ4n) is 2.49. The Kier molecular flexibility index (Phi) is 3.59. The van der Waals surface area contributed by atoms with Crippen molar-refractivity contribution >= 4 is 10.0 Å². The Morgan fingerprint density at radius 1 is 1.29 bits per heavy atom. The van der Waals surface area contributed by atoms with Crippen molar-refractivity contribution in [2.75, 3.05) is 6.54 Å². The Morgan fingerprint density at radius 3 is 2.57 bits per heavy atom. The number of rotatable bonds is 6. The predicted octanol–water partition coefficient (Wildman–Crippen LogP) is 2.13. The van der Waals surface area contributed by atoms with E-state index >= 15 is 0 Å². The van der Waals surface area contributed by atoms with E-state index in [1.165, 1.54) is 5.56 Å². The van der Waals surface area contributed by atoms with E-state index < -0.39 is 10.0 Å². The Morgan fingerprint density at radius 2 is 2.00 bits per heavy atom. The fourth-order valence-corrected chi connectivity index (χ4v) is 3.61. The molecule has 1 N–H and O–H groups in total. The van der Waals surface area contributed by atoms with Gasteiger partial charge in [0.2, 0.25) is 10.0 Å². The van der Waals surface area contributed by atoms with Gasteiger partial charge in [-0.3, -0.25) is 0 Å². The molecule has 21 heavy (non-hydrogen) atoms. The lowest BCUT2D eigenvalue weighted by molar-refractivity contribution is 0.392. The summed E-state index contributed by atoms with van der Waals surface area (Å²) >= 11 is 0. The first-order valence-electron chi connectivity index (χ1n) is 6.94. The molecule has 0 radical (unpaired) electrons. The van der Waals surface area contributed by atoms with Crippen LogP contribution in [0, 0.1) is 6.92 Å². The van der Waals surface area contributed by atoms with Crippen LogP contribution in [0.25, 0.3) is 0 Å². The first-order chi connectivity index (χ1) is 9.99. The lowest BCUT2D eigenvalue weighted by Crippen LogP contribution is -2.33. The Bertz CT molecular complexity index is 718. The van der Waals surface area contributed by atoms with E-state index in [9.17, 15) is 8.42 Å². The number of aromatic nitrogens is 1. The van der Waals surface area contributed by atoms with Crippen LogP contribution in [-0.2, 0) is 21.2 Å². The summed E-state index contributed by atoms with van der Waals surface area (Å²) in [6, 6.07) is 11.7. The Hall–Kier alpha value is -1.66. The fraction of sp³-hybridized carbons (Fsp3) is 0.400. The van der Waals surface area contributed by atoms with E-state index in [2.05, 4.69) is 22.0 Å². The average Bonchev–Trinajstić information content (AvgIpc) is 3.16. The Balaban J connectivity index is 1.64. The molecule has 112 valence electrons. The molecule has 1 aliphatic carbocycles. The molecule has 1 saturated carbocycles. The highest BCUT2D eigenvalue weighted by Crippen LogP contribution is 2.47. The SMILES string of the molecule is Cc1cc(CS(=O)(=O)NCC2(c3ccccc3)CC2)no1. The largest absolute Gasteiger partial charge is 0.361 e. The predicted molar refractivity (Wildman–Crippen MR) is 79.2 cm³/mol. The minimum Gasteiger partial charge on any atom is -0.361 e. The van der Waals surface area contributed by atoms with Crippen LogP contribution in [0.1, 0.15) is 29.9 Å². The van der Waals surface area contributed by atoms with Gasteiger partial charge in [-0.2, -0.15) is 0 Å². The number of nitrogens with one attached hydrogen (secondary N) is 1. The van der Waals surface area contributed by atoms with Crippen LogP contribution in [-0.4, -0.2) is 20.1 Å². The van der Waals surface area contributed by atoms with E-state index in [1.807, 2.05) is 18.2 Å². The molecule has 6 heteroatoms. The number of aryl methyl sites for hydroxylation is 1. The maximum atomic E-state index is 12.1. The lowest BCUT2D eigenvalue weighted by atomic mass is 9.96. The van der Waals surface area contributed by atoms with Gasteiger partial charge >= 0.3 is 0 Å². The molecular formula is C15H18N2O3S. The van der Waals surface area contributed by atoms with Gasteiger partial charge in [-0.05, 0) is 25.3 Å². The second kappa shape index (κ2) is 5.27. The van der Waals surface area contributed by atoms with Crippen LogP contribution >= 0.6 is 0 Å². The third-order valence-corrected chi connectivity index (χ3v) is 5.14. The van der Waals surface area contributed by atoms with Crippen molar-refractivity contribution in [2.45, 2.75) is 30.9 Å². The van der Waals surface area contributed by atoms with Crippen molar-refractivity contribution < 1.29 is 12.9 Å². The van der Waals surface area contributed by atoms with Gasteiger partial charge in [-0.1, -0.05) is 35.5 Å². The summed E-state index contributed by atoms with van der Waals surface area (Å²) < 4.78 is 31.8. The maximum absolute atomic E-state index is 12.1. The molecule has 3 rings (SSSR count). The molecular weight excluding hydrogens is 288 g/mol. The molecule has 0 unspecified atom stereocenters. The lowest BCUT2D eigenvalue weighted by Gasteiger charge is -2.16. The molecule has 1 heterocycles. The summed E-state index contributed by atoms with van der Waals surface area (Å²) in [4.78, 5) is 0. The third kappa shape index (κ3) is 3.33. The molecule has 0 aliphatic heterocycles. The summed E-state index contributed by atoms with van der Waals surface area (Å²) in [6.45, 7) is 2.18. The molecule has 0 spiro atoms. The van der Waals surface area contributed by atoms with Gasteiger partial charge in [-0.15, -0.1) is 0 Å². The normalized spacial score (nSPS) is 16.8. The average molecular weight is 306 g/mol. The number of benzene rings is 1. The van der Waals surface area contributed by atoms with Crippen molar-refractivity contribution in [1.82, 2.24) is 9.88 Å². The smallest absolute Gasteiger partial charge is 0.217 e. The molecule has 0 bridgehead atoms. The minimum absolute atomic E-state index is 0.0337. The molecule has 1 aliphatic rings. The number of nitrogens with zero attached hydrogens (tertiary/aromatic N) is 1. The summed E-state index contributed by atoms with van der Waals surface area (Å²) in [6.07, 6.45) is 2.03. The minimum atomic E-state index is -3.39. The highest BCUT2D eigenvalue weighted by Gasteiger charge is 2.44. The highest BCUT2D eigenvalue weighted by atomic mass is 32.2. The highest BCUT2D eigenvalue weighted by molar-refractivity contribution is 7.88. The zero-order valence-corrected chi connectivity index (χ0v) is 12.7. The molecule has 1 aromatic heterocycles. The van der Waals surface area contributed by atoms with E-state index in [1.54, 1.807) is 13.0 Å². The van der Waals surface area contributed by atoms with E-state index in [0.717, 1.165) is 12.8 Å². The number of hydrogen-bond donors (Lipinski definition) is 1. The maximum Gasteiger partial charge on any atom is 0.217 e. The van der Waals surface area contributed by atoms with Gasteiger partial charge in [0, 0.05) is 18.0 Å². The molecule has 1 aromatic carbocycles. The molecule has 2 aromatic rings. The van der Waals surface area contributed by atoms with Crippen LogP contribution in [0.15, 0.2) is 40.9 Å². The molecule has 0 atom stereocenters. The van der Waals surface area contributed by atoms with Crippen LogP contribution in [0.2, 0.25) is 0 Å². The van der Waals surface area contributed by atoms with Crippen molar-refractivity contribution in [3.05, 3.63) is 53.4 Å². The van der Waals surface area contributed by atoms with Gasteiger partial charge in [0.25, 0.3) is 0 Å². The van der Waals surface area contributed by atoms with Gasteiger partial charge in [0.1, 0.15) is 17.2 Å². The quantitative estimate of drug-likeness (QED) is 0.887. The van der Waals surface area contributed by atoms with E-state index in [4.69, 9.17) is 4.52 Å². The second-order valence-electron chi connectivity index (χ2n) is 5.66. The van der Waals surface area contributed by atoms with Gasteiger partial charge in [0.15, 0.2) is 0 Å². The summed E-state index contributed by atoms with van der Waals surface area (Å²) in [7, 11) is -3.39. The van der Waals surface area contributed by atoms with Crippen LogP contribution in [0.4, 0.5) is 0 Å². The van der Waals surface area contributed by atoms with Gasteiger partial charge in [-0.25, -0.2) is 13.1 Å². The standard InChI is InChI=1S/C15H18N2O3S/c1-12-9-14(17-20-12)10-21(18,19)16-11-15(7-8-15)13-5-3-2-4-6-13/h2-6,9,16H,7-8,10-11H2,1H3. The molecule has 0 saturated heterocycles. The topological polar surface area (TPSA) is 72.2 Å². The van der Waals surface area contributed by atoms with Crippen LogP contribution in [0.5, 0.6) is 0 Å². The molecule has 1 fully saturated rings. The van der Waals surface area contributed by atoms with Crippen LogP contribution < -0.4 is 4.72 Å². The monoisotopic (exact) mass is 306 g/mol. The second-order valence-corrected chi connectivity index (χ2v) is 7.46. The van der Waals surface area contributed by atoms with Gasteiger partial charge < -0.3 is 4.52 Å². The number of hydrogen-bond acceptors (Lipinski definition) is 4. The summed E-state index contributed by atoms with van der Waals surface area (Å²) in [5.41, 5.74) is 1.60. The first-order valence-corrected chi connectivity index (χ1v) is 8.59. The van der Waals surface area contributed by atoms with E-state index in [0.29, 0.717) is 18.0 Å². The van der Waals surface area contributed by atoms with Crippen molar-refractivity contribution in [1.29, 1.82) is 0 Å². The zero-order valence-electron chi connectivity index (χ0n) is 11.9.